The molecule has 3 rings (SSSR count). The van der Waals surface area contributed by atoms with Gasteiger partial charge in [-0.1, -0.05) is 11.8 Å². The SMILES string of the molecule is CC1=CC(=CC2=C(O)C(=Cc3cc(C)[o+]c(C)c3)C2O)C=C(C)S1. The van der Waals surface area contributed by atoms with Crippen LogP contribution in [0.4, 0.5) is 0 Å². The second-order valence-electron chi connectivity index (χ2n) is 6.17. The lowest BCUT2D eigenvalue weighted by atomic mass is 9.84. The molecule has 0 fully saturated rings. The van der Waals surface area contributed by atoms with E-state index in [0.29, 0.717) is 11.1 Å². The number of thioether (sulfide) groups is 1. The summed E-state index contributed by atoms with van der Waals surface area (Å²) in [7, 11) is 0. The minimum absolute atomic E-state index is 0.154. The molecule has 124 valence electrons. The van der Waals surface area contributed by atoms with Crippen LogP contribution in [0.3, 0.4) is 0 Å². The fourth-order valence-electron chi connectivity index (χ4n) is 2.98. The molecule has 0 bridgehead atoms. The lowest BCUT2D eigenvalue weighted by Gasteiger charge is -2.28. The molecule has 0 saturated carbocycles. The summed E-state index contributed by atoms with van der Waals surface area (Å²) in [6.07, 6.45) is 6.99. The zero-order valence-corrected chi connectivity index (χ0v) is 15.1. The van der Waals surface area contributed by atoms with E-state index in [1.807, 2.05) is 32.1 Å². The van der Waals surface area contributed by atoms with Crippen LogP contribution in [0.2, 0.25) is 0 Å². The zero-order chi connectivity index (χ0) is 17.4. The fourth-order valence-corrected chi connectivity index (χ4v) is 3.88. The van der Waals surface area contributed by atoms with Crippen LogP contribution in [0.15, 0.2) is 67.1 Å². The van der Waals surface area contributed by atoms with Crippen LogP contribution in [0.5, 0.6) is 0 Å². The van der Waals surface area contributed by atoms with E-state index in [1.165, 1.54) is 9.81 Å². The third kappa shape index (κ3) is 3.40. The normalized spacial score (nSPS) is 22.3. The van der Waals surface area contributed by atoms with E-state index in [9.17, 15) is 10.2 Å². The van der Waals surface area contributed by atoms with Crippen LogP contribution in [0, 0.1) is 13.8 Å². The molecule has 2 N–H and O–H groups in total. The standard InChI is InChI=1S/C20H20O3S/c1-11-5-15(6-12(2)23-11)9-17-19(21)18(20(17)22)10-16-7-13(3)24-14(4)8-16/h5-10,19,21H,1-4H3/p+1. The molecular formula is C20H21O3S+. The summed E-state index contributed by atoms with van der Waals surface area (Å²) in [6.45, 7) is 7.86. The molecule has 1 atom stereocenters. The topological polar surface area (TPSA) is 51.8 Å². The number of rotatable bonds is 2. The number of hydrogen-bond acceptors (Lipinski definition) is 3. The Morgan fingerprint density at radius 2 is 1.58 bits per heavy atom. The Kier molecular flexibility index (Phi) is 4.52. The molecule has 2 heterocycles. The second kappa shape index (κ2) is 6.46. The van der Waals surface area contributed by atoms with Gasteiger partial charge >= 0.3 is 11.5 Å². The molecule has 1 aliphatic heterocycles. The molecule has 1 aromatic rings. The van der Waals surface area contributed by atoms with Gasteiger partial charge in [0.15, 0.2) is 0 Å². The van der Waals surface area contributed by atoms with Crippen molar-refractivity contribution in [1.29, 1.82) is 0 Å². The first-order valence-electron chi connectivity index (χ1n) is 7.84. The number of aliphatic hydroxyl groups is 2. The van der Waals surface area contributed by atoms with E-state index in [1.54, 1.807) is 17.8 Å². The molecule has 2 aliphatic rings. The van der Waals surface area contributed by atoms with Crippen molar-refractivity contribution in [2.24, 2.45) is 0 Å². The highest BCUT2D eigenvalue weighted by Crippen LogP contribution is 2.38. The Balaban J connectivity index is 1.93. The Morgan fingerprint density at radius 1 is 1.00 bits per heavy atom. The van der Waals surface area contributed by atoms with Crippen LogP contribution < -0.4 is 0 Å². The Bertz CT molecular complexity index is 813. The van der Waals surface area contributed by atoms with Gasteiger partial charge in [0.1, 0.15) is 11.9 Å². The summed E-state index contributed by atoms with van der Waals surface area (Å²) < 4.78 is 5.46. The van der Waals surface area contributed by atoms with Crippen LogP contribution in [0.1, 0.15) is 30.9 Å². The Morgan fingerprint density at radius 3 is 2.12 bits per heavy atom. The highest BCUT2D eigenvalue weighted by molar-refractivity contribution is 8.06. The summed E-state index contributed by atoms with van der Waals surface area (Å²) in [6, 6.07) is 3.76. The largest absolute Gasteiger partial charge is 0.507 e. The predicted octanol–water partition coefficient (Wildman–Crippen LogP) is 5.23. The summed E-state index contributed by atoms with van der Waals surface area (Å²) in [5, 5.41) is 20.7. The van der Waals surface area contributed by atoms with E-state index < -0.39 is 6.10 Å². The molecule has 24 heavy (non-hydrogen) atoms. The summed E-state index contributed by atoms with van der Waals surface area (Å²) >= 11 is 1.72. The molecule has 1 unspecified atom stereocenters. The van der Waals surface area contributed by atoms with Crippen molar-refractivity contribution >= 4 is 17.8 Å². The van der Waals surface area contributed by atoms with Crippen molar-refractivity contribution < 1.29 is 14.6 Å². The van der Waals surface area contributed by atoms with Crippen molar-refractivity contribution in [1.82, 2.24) is 0 Å². The van der Waals surface area contributed by atoms with Gasteiger partial charge in [0, 0.05) is 23.3 Å². The third-order valence-electron chi connectivity index (χ3n) is 3.90. The van der Waals surface area contributed by atoms with Gasteiger partial charge in [-0.25, -0.2) is 4.42 Å². The van der Waals surface area contributed by atoms with Gasteiger partial charge in [0.05, 0.1) is 13.8 Å². The molecule has 4 heteroatoms. The summed E-state index contributed by atoms with van der Waals surface area (Å²) in [5.74, 6) is 1.74. The van der Waals surface area contributed by atoms with Crippen molar-refractivity contribution in [2.75, 3.05) is 0 Å². The molecule has 0 spiro atoms. The van der Waals surface area contributed by atoms with Crippen molar-refractivity contribution in [3.8, 4) is 0 Å². The van der Waals surface area contributed by atoms with Gasteiger partial charge in [-0.3, -0.25) is 0 Å². The van der Waals surface area contributed by atoms with Crippen LogP contribution in [0.25, 0.3) is 6.08 Å². The quantitative estimate of drug-likeness (QED) is 0.723. The molecule has 0 radical (unpaired) electrons. The minimum atomic E-state index is -0.771. The fraction of sp³-hybridized carbons (Fsp3) is 0.250. The summed E-state index contributed by atoms with van der Waals surface area (Å²) in [4.78, 5) is 2.40. The average molecular weight is 341 g/mol. The highest BCUT2D eigenvalue weighted by Gasteiger charge is 2.32. The lowest BCUT2D eigenvalue weighted by Crippen LogP contribution is -2.26. The van der Waals surface area contributed by atoms with Crippen molar-refractivity contribution in [3.05, 3.63) is 79.7 Å². The van der Waals surface area contributed by atoms with Crippen LogP contribution in [-0.2, 0) is 0 Å². The molecule has 0 amide bonds. The first kappa shape index (κ1) is 16.8. The Labute approximate surface area is 146 Å². The first-order valence-corrected chi connectivity index (χ1v) is 8.66. The number of aryl methyl sites for hydroxylation is 2. The molecule has 3 nitrogen and oxygen atoms in total. The van der Waals surface area contributed by atoms with Gasteiger partial charge in [-0.2, -0.15) is 0 Å². The van der Waals surface area contributed by atoms with Crippen LogP contribution >= 0.6 is 11.8 Å². The third-order valence-corrected chi connectivity index (χ3v) is 4.78. The van der Waals surface area contributed by atoms with Crippen LogP contribution in [-0.4, -0.2) is 16.3 Å². The first-order chi connectivity index (χ1) is 11.3. The van der Waals surface area contributed by atoms with Gasteiger partial charge in [-0.15, -0.1) is 0 Å². The maximum absolute atomic E-state index is 10.4. The Hall–Kier alpha value is -2.04. The second-order valence-corrected chi connectivity index (χ2v) is 7.67. The molecule has 0 aromatic carbocycles. The van der Waals surface area contributed by atoms with Gasteiger partial charge in [-0.05, 0) is 59.1 Å². The maximum Gasteiger partial charge on any atom is 0.327 e. The molecule has 1 aromatic heterocycles. The monoisotopic (exact) mass is 341 g/mol. The number of allylic oxidation sites excluding steroid dienone is 5. The smallest absolute Gasteiger partial charge is 0.327 e. The van der Waals surface area contributed by atoms with E-state index in [2.05, 4.69) is 26.0 Å². The molecule has 0 saturated heterocycles. The number of aliphatic hydroxyl groups excluding tert-OH is 2. The lowest BCUT2D eigenvalue weighted by molar-refractivity contribution is 0.208. The molecular weight excluding hydrogens is 320 g/mol. The van der Waals surface area contributed by atoms with E-state index in [-0.39, 0.29) is 5.76 Å². The molecule has 1 aliphatic carbocycles. The highest BCUT2D eigenvalue weighted by atomic mass is 32.2. The number of hydrogen-bond donors (Lipinski definition) is 2. The van der Waals surface area contributed by atoms with E-state index in [4.69, 9.17) is 4.42 Å². The van der Waals surface area contributed by atoms with Gasteiger partial charge in [0.2, 0.25) is 0 Å². The average Bonchev–Trinajstić information content (AvgIpc) is 2.48. The zero-order valence-electron chi connectivity index (χ0n) is 14.3. The summed E-state index contributed by atoms with van der Waals surface area (Å²) in [5.41, 5.74) is 3.00. The van der Waals surface area contributed by atoms with Gasteiger partial charge < -0.3 is 10.2 Å². The van der Waals surface area contributed by atoms with E-state index >= 15 is 0 Å². The predicted molar refractivity (Wildman–Crippen MR) is 99.4 cm³/mol. The minimum Gasteiger partial charge on any atom is -0.507 e. The van der Waals surface area contributed by atoms with E-state index in [0.717, 1.165) is 22.7 Å². The van der Waals surface area contributed by atoms with Crippen molar-refractivity contribution in [2.45, 2.75) is 33.8 Å². The van der Waals surface area contributed by atoms with Crippen molar-refractivity contribution in [3.63, 3.8) is 0 Å². The maximum atomic E-state index is 10.4. The van der Waals surface area contributed by atoms with Gasteiger partial charge in [0.25, 0.3) is 0 Å².